The fourth-order valence-corrected chi connectivity index (χ4v) is 2.24. The van der Waals surface area contributed by atoms with E-state index < -0.39 is 11.8 Å². The van der Waals surface area contributed by atoms with Crippen LogP contribution in [0.25, 0.3) is 0 Å². The van der Waals surface area contributed by atoms with Crippen LogP contribution in [0.1, 0.15) is 58.8 Å². The fraction of sp³-hybridized carbons (Fsp3) is 0.929. The normalized spacial score (nSPS) is 23.2. The minimum absolute atomic E-state index is 0.147. The molecule has 1 saturated heterocycles. The maximum Gasteiger partial charge on any atom is 0.509 e. The van der Waals surface area contributed by atoms with E-state index in [9.17, 15) is 9.90 Å². The summed E-state index contributed by atoms with van der Waals surface area (Å²) in [5, 5.41) is 9.28. The minimum atomic E-state index is -0.769. The standard InChI is InChI=1S/C14H26O4/c1-12(2)8-6-4-3-5-7-9-14(10-15)11-17-13(16)18-14/h12,15H,3-11H2,1-2H3. The van der Waals surface area contributed by atoms with Crippen LogP contribution in [-0.4, -0.2) is 30.1 Å². The molecule has 4 nitrogen and oxygen atoms in total. The first-order valence-corrected chi connectivity index (χ1v) is 7.05. The van der Waals surface area contributed by atoms with E-state index in [1.54, 1.807) is 0 Å². The van der Waals surface area contributed by atoms with E-state index >= 15 is 0 Å². The van der Waals surface area contributed by atoms with Crippen LogP contribution < -0.4 is 0 Å². The number of carbonyl (C=O) groups excluding carboxylic acids is 1. The van der Waals surface area contributed by atoms with E-state index in [0.717, 1.165) is 18.8 Å². The summed E-state index contributed by atoms with van der Waals surface area (Å²) in [6.07, 6.45) is 7.20. The van der Waals surface area contributed by atoms with Gasteiger partial charge in [-0.15, -0.1) is 0 Å². The zero-order valence-corrected chi connectivity index (χ0v) is 11.6. The maximum atomic E-state index is 10.9. The highest BCUT2D eigenvalue weighted by atomic mass is 16.8. The van der Waals surface area contributed by atoms with Crippen LogP contribution in [0, 0.1) is 5.92 Å². The number of ether oxygens (including phenoxy) is 2. The Bertz CT molecular complexity index is 252. The summed E-state index contributed by atoms with van der Waals surface area (Å²) < 4.78 is 9.81. The lowest BCUT2D eigenvalue weighted by molar-refractivity contribution is -0.00111. The largest absolute Gasteiger partial charge is 0.509 e. The average Bonchev–Trinajstić information content (AvgIpc) is 2.70. The number of aliphatic hydroxyl groups excluding tert-OH is 1. The zero-order valence-electron chi connectivity index (χ0n) is 11.6. The molecule has 0 radical (unpaired) electrons. The number of cyclic esters (lactones) is 2. The molecular weight excluding hydrogens is 232 g/mol. The lowest BCUT2D eigenvalue weighted by Crippen LogP contribution is -2.36. The molecule has 0 saturated carbocycles. The molecule has 0 aromatic carbocycles. The number of rotatable bonds is 9. The predicted octanol–water partition coefficient (Wildman–Crippen LogP) is 3.27. The molecule has 1 unspecified atom stereocenters. The van der Waals surface area contributed by atoms with Crippen LogP contribution in [0.5, 0.6) is 0 Å². The van der Waals surface area contributed by atoms with E-state index in [-0.39, 0.29) is 13.2 Å². The molecule has 4 heteroatoms. The molecular formula is C14H26O4. The second kappa shape index (κ2) is 7.62. The molecule has 0 spiro atoms. The first-order valence-electron chi connectivity index (χ1n) is 7.05. The van der Waals surface area contributed by atoms with Crippen molar-refractivity contribution in [1.82, 2.24) is 0 Å². The van der Waals surface area contributed by atoms with Crippen LogP contribution in [0.4, 0.5) is 4.79 Å². The van der Waals surface area contributed by atoms with Crippen molar-refractivity contribution in [3.05, 3.63) is 0 Å². The van der Waals surface area contributed by atoms with Crippen molar-refractivity contribution in [2.75, 3.05) is 13.2 Å². The highest BCUT2D eigenvalue weighted by Crippen LogP contribution is 2.26. The third-order valence-electron chi connectivity index (χ3n) is 3.45. The average molecular weight is 258 g/mol. The molecule has 1 aliphatic heterocycles. The summed E-state index contributed by atoms with van der Waals surface area (Å²) in [5.41, 5.74) is -0.769. The lowest BCUT2D eigenvalue weighted by Gasteiger charge is -2.21. The Labute approximate surface area is 110 Å². The third-order valence-corrected chi connectivity index (χ3v) is 3.45. The molecule has 18 heavy (non-hydrogen) atoms. The highest BCUT2D eigenvalue weighted by molar-refractivity contribution is 5.62. The smallest absolute Gasteiger partial charge is 0.430 e. The fourth-order valence-electron chi connectivity index (χ4n) is 2.24. The van der Waals surface area contributed by atoms with Crippen LogP contribution in [0.2, 0.25) is 0 Å². The van der Waals surface area contributed by atoms with Gasteiger partial charge in [0.25, 0.3) is 0 Å². The summed E-state index contributed by atoms with van der Waals surface area (Å²) >= 11 is 0. The monoisotopic (exact) mass is 258 g/mol. The number of hydrogen-bond donors (Lipinski definition) is 1. The van der Waals surface area contributed by atoms with Gasteiger partial charge >= 0.3 is 6.16 Å². The summed E-state index contributed by atoms with van der Waals surface area (Å²) in [6.45, 7) is 4.54. The summed E-state index contributed by atoms with van der Waals surface area (Å²) in [7, 11) is 0. The molecule has 0 aliphatic carbocycles. The first kappa shape index (κ1) is 15.3. The van der Waals surface area contributed by atoms with E-state index in [4.69, 9.17) is 9.47 Å². The van der Waals surface area contributed by atoms with Gasteiger partial charge in [-0.05, 0) is 18.8 Å². The van der Waals surface area contributed by atoms with Crippen molar-refractivity contribution >= 4 is 6.16 Å². The Morgan fingerprint density at radius 1 is 1.22 bits per heavy atom. The van der Waals surface area contributed by atoms with E-state index in [2.05, 4.69) is 13.8 Å². The van der Waals surface area contributed by atoms with Gasteiger partial charge in [0.2, 0.25) is 0 Å². The van der Waals surface area contributed by atoms with Gasteiger partial charge in [-0.2, -0.15) is 0 Å². The Morgan fingerprint density at radius 3 is 2.44 bits per heavy atom. The van der Waals surface area contributed by atoms with Crippen LogP contribution in [0.3, 0.4) is 0 Å². The van der Waals surface area contributed by atoms with Crippen molar-refractivity contribution in [2.45, 2.75) is 64.4 Å². The third kappa shape index (κ3) is 5.25. The molecule has 0 bridgehead atoms. The molecule has 1 aliphatic rings. The van der Waals surface area contributed by atoms with Gasteiger partial charge in [0, 0.05) is 0 Å². The molecule has 0 amide bonds. The van der Waals surface area contributed by atoms with Crippen molar-refractivity contribution < 1.29 is 19.4 Å². The van der Waals surface area contributed by atoms with Crippen molar-refractivity contribution in [3.8, 4) is 0 Å². The first-order chi connectivity index (χ1) is 8.58. The molecule has 0 aromatic heterocycles. The number of unbranched alkanes of at least 4 members (excludes halogenated alkanes) is 4. The SMILES string of the molecule is CC(C)CCCCCCCC1(CO)COC(=O)O1. The number of aliphatic hydroxyl groups is 1. The minimum Gasteiger partial charge on any atom is -0.430 e. The van der Waals surface area contributed by atoms with E-state index in [0.29, 0.717) is 6.42 Å². The zero-order chi connectivity index (χ0) is 13.4. The van der Waals surface area contributed by atoms with Crippen LogP contribution in [-0.2, 0) is 9.47 Å². The van der Waals surface area contributed by atoms with Gasteiger partial charge in [0.05, 0.1) is 6.61 Å². The molecule has 1 atom stereocenters. The van der Waals surface area contributed by atoms with Crippen molar-refractivity contribution in [1.29, 1.82) is 0 Å². The quantitative estimate of drug-likeness (QED) is 0.509. The number of carbonyl (C=O) groups is 1. The summed E-state index contributed by atoms with van der Waals surface area (Å²) in [4.78, 5) is 10.9. The molecule has 1 fully saturated rings. The second-order valence-electron chi connectivity index (χ2n) is 5.68. The number of hydrogen-bond acceptors (Lipinski definition) is 4. The lowest BCUT2D eigenvalue weighted by atomic mass is 9.97. The maximum absolute atomic E-state index is 10.9. The van der Waals surface area contributed by atoms with Gasteiger partial charge < -0.3 is 14.6 Å². The van der Waals surface area contributed by atoms with Gasteiger partial charge in [0.15, 0.2) is 5.60 Å². The van der Waals surface area contributed by atoms with Gasteiger partial charge in [-0.3, -0.25) is 0 Å². The predicted molar refractivity (Wildman–Crippen MR) is 69.4 cm³/mol. The van der Waals surface area contributed by atoms with Crippen LogP contribution >= 0.6 is 0 Å². The summed E-state index contributed by atoms with van der Waals surface area (Å²) in [6, 6.07) is 0. The molecule has 1 N–H and O–H groups in total. The van der Waals surface area contributed by atoms with Gasteiger partial charge in [-0.1, -0.05) is 46.0 Å². The van der Waals surface area contributed by atoms with Gasteiger partial charge in [-0.25, -0.2) is 4.79 Å². The van der Waals surface area contributed by atoms with E-state index in [1.165, 1.54) is 25.7 Å². The Balaban J connectivity index is 2.04. The van der Waals surface area contributed by atoms with E-state index in [1.807, 2.05) is 0 Å². The van der Waals surface area contributed by atoms with Crippen LogP contribution in [0.15, 0.2) is 0 Å². The van der Waals surface area contributed by atoms with Crippen molar-refractivity contribution in [2.24, 2.45) is 5.92 Å². The topological polar surface area (TPSA) is 55.8 Å². The van der Waals surface area contributed by atoms with Gasteiger partial charge in [0.1, 0.15) is 6.61 Å². The Morgan fingerprint density at radius 2 is 1.89 bits per heavy atom. The summed E-state index contributed by atoms with van der Waals surface area (Å²) in [5.74, 6) is 0.790. The Hall–Kier alpha value is -0.770. The highest BCUT2D eigenvalue weighted by Gasteiger charge is 2.41. The molecule has 0 aromatic rings. The molecule has 106 valence electrons. The second-order valence-corrected chi connectivity index (χ2v) is 5.68. The van der Waals surface area contributed by atoms with Crippen molar-refractivity contribution in [3.63, 3.8) is 0 Å². The molecule has 1 heterocycles. The molecule has 1 rings (SSSR count). The Kier molecular flexibility index (Phi) is 6.47.